The van der Waals surface area contributed by atoms with Crippen LogP contribution < -0.4 is 5.32 Å². The molecule has 0 radical (unpaired) electrons. The van der Waals surface area contributed by atoms with Gasteiger partial charge in [-0.25, -0.2) is 4.98 Å². The minimum Gasteiger partial charge on any atom is -0.480 e. The molecule has 0 aliphatic heterocycles. The number of carboxylic acids is 1. The van der Waals surface area contributed by atoms with E-state index in [9.17, 15) is 19.6 Å². The fourth-order valence-corrected chi connectivity index (χ4v) is 4.34. The maximum absolute atomic E-state index is 13.5. The number of ether oxygens (including phenoxy) is 1. The molecule has 2 aromatic heterocycles. The van der Waals surface area contributed by atoms with E-state index >= 15 is 0 Å². The highest BCUT2D eigenvalue weighted by Crippen LogP contribution is 2.29. The van der Waals surface area contributed by atoms with Crippen LogP contribution in [0.5, 0.6) is 0 Å². The molecule has 0 saturated carbocycles. The first-order valence-electron chi connectivity index (χ1n) is 12.3. The molecule has 0 fully saturated rings. The van der Waals surface area contributed by atoms with Gasteiger partial charge in [-0.2, -0.15) is 5.26 Å². The summed E-state index contributed by atoms with van der Waals surface area (Å²) in [4.78, 5) is 40.6. The van der Waals surface area contributed by atoms with Gasteiger partial charge in [-0.15, -0.1) is 0 Å². The van der Waals surface area contributed by atoms with Crippen LogP contribution >= 0.6 is 0 Å². The summed E-state index contributed by atoms with van der Waals surface area (Å²) < 4.78 is 7.68. The molecule has 9 nitrogen and oxygen atoms in total. The van der Waals surface area contributed by atoms with Crippen LogP contribution in [-0.2, 0) is 34.4 Å². The number of aromatic nitrogens is 2. The Morgan fingerprint density at radius 1 is 1.19 bits per heavy atom. The maximum atomic E-state index is 13.5. The number of hydrogen-bond acceptors (Lipinski definition) is 6. The van der Waals surface area contributed by atoms with Crippen molar-refractivity contribution in [3.05, 3.63) is 65.0 Å². The molecule has 0 aliphatic carbocycles. The molecule has 1 amide bonds. The molecule has 0 unspecified atom stereocenters. The molecule has 9 heteroatoms. The van der Waals surface area contributed by atoms with Crippen LogP contribution in [0.1, 0.15) is 59.8 Å². The minimum atomic E-state index is -1.12. The van der Waals surface area contributed by atoms with Crippen LogP contribution in [0.25, 0.3) is 11.0 Å². The van der Waals surface area contributed by atoms with Gasteiger partial charge in [-0.05, 0) is 36.8 Å². The Bertz CT molecular complexity index is 1290. The van der Waals surface area contributed by atoms with Gasteiger partial charge in [0.1, 0.15) is 18.3 Å². The van der Waals surface area contributed by atoms with E-state index in [1.165, 1.54) is 6.20 Å². The summed E-state index contributed by atoms with van der Waals surface area (Å²) in [6.45, 7) is 2.48. The van der Waals surface area contributed by atoms with Gasteiger partial charge in [0.25, 0.3) is 0 Å². The normalized spacial score (nSPS) is 11.7. The largest absolute Gasteiger partial charge is 0.480 e. The zero-order valence-electron chi connectivity index (χ0n) is 21.2. The minimum absolute atomic E-state index is 0.0412. The summed E-state index contributed by atoms with van der Waals surface area (Å²) in [5, 5.41) is 21.0. The van der Waals surface area contributed by atoms with Gasteiger partial charge in [-0.1, -0.05) is 37.3 Å². The third-order valence-corrected chi connectivity index (χ3v) is 6.12. The number of pyridine rings is 1. The molecule has 2 heterocycles. The third kappa shape index (κ3) is 7.72. The highest BCUT2D eigenvalue weighted by Gasteiger charge is 2.24. The number of hydrogen-bond donors (Lipinski definition) is 2. The first-order valence-corrected chi connectivity index (χ1v) is 12.3. The quantitative estimate of drug-likeness (QED) is 0.252. The monoisotopic (exact) mass is 504 g/mol. The molecule has 0 saturated heterocycles. The number of Topliss-reactive ketones (excluding diaryl/α,β-unsaturated/α-hetero) is 1. The van der Waals surface area contributed by atoms with Crippen LogP contribution in [0.3, 0.4) is 0 Å². The SMILES string of the molecule is C[C@H](CC(=O)NCC(=O)O)CC(=O)c1c(CCCCOCc2ccccc2)n(C)c2ncc(C#N)cc12. The number of nitriles is 1. The Morgan fingerprint density at radius 2 is 1.95 bits per heavy atom. The second-order valence-corrected chi connectivity index (χ2v) is 9.19. The van der Waals surface area contributed by atoms with Crippen molar-refractivity contribution >= 4 is 28.7 Å². The van der Waals surface area contributed by atoms with E-state index in [1.54, 1.807) is 13.0 Å². The molecule has 0 spiro atoms. The highest BCUT2D eigenvalue weighted by atomic mass is 16.5. The van der Waals surface area contributed by atoms with Gasteiger partial charge in [0.05, 0.1) is 12.2 Å². The fraction of sp³-hybridized carbons (Fsp3) is 0.393. The Morgan fingerprint density at radius 3 is 2.65 bits per heavy atom. The lowest BCUT2D eigenvalue weighted by atomic mass is 9.94. The number of aliphatic carboxylic acids is 1. The number of unbranched alkanes of at least 4 members (excludes halogenated alkanes) is 1. The number of benzene rings is 1. The zero-order chi connectivity index (χ0) is 26.8. The molecular formula is C28H32N4O5. The lowest BCUT2D eigenvalue weighted by molar-refractivity contribution is -0.138. The van der Waals surface area contributed by atoms with Crippen LogP contribution in [0.15, 0.2) is 42.6 Å². The lowest BCUT2D eigenvalue weighted by Gasteiger charge is -2.12. The Kier molecular flexibility index (Phi) is 9.92. The van der Waals surface area contributed by atoms with Crippen molar-refractivity contribution in [3.63, 3.8) is 0 Å². The number of carbonyl (C=O) groups is 3. The van der Waals surface area contributed by atoms with Crippen LogP contribution in [0, 0.1) is 17.2 Å². The first-order chi connectivity index (χ1) is 17.8. The summed E-state index contributed by atoms with van der Waals surface area (Å²) in [6, 6.07) is 13.7. The fourth-order valence-electron chi connectivity index (χ4n) is 4.34. The molecule has 2 N–H and O–H groups in total. The number of nitrogens with zero attached hydrogens (tertiary/aromatic N) is 3. The highest BCUT2D eigenvalue weighted by molar-refractivity contribution is 6.09. The number of ketones is 1. The molecule has 37 heavy (non-hydrogen) atoms. The Labute approximate surface area is 216 Å². The van der Waals surface area contributed by atoms with E-state index in [0.717, 1.165) is 24.1 Å². The predicted octanol–water partition coefficient (Wildman–Crippen LogP) is 3.78. The van der Waals surface area contributed by atoms with Crippen molar-refractivity contribution in [2.24, 2.45) is 13.0 Å². The van der Waals surface area contributed by atoms with Crippen molar-refractivity contribution in [3.8, 4) is 6.07 Å². The lowest BCUT2D eigenvalue weighted by Crippen LogP contribution is -2.30. The maximum Gasteiger partial charge on any atom is 0.322 e. The second kappa shape index (κ2) is 13.3. The average Bonchev–Trinajstić information content (AvgIpc) is 3.16. The van der Waals surface area contributed by atoms with Crippen molar-refractivity contribution in [2.45, 2.75) is 45.6 Å². The molecule has 1 atom stereocenters. The number of carbonyl (C=O) groups excluding carboxylic acids is 2. The molecule has 194 valence electrons. The van der Waals surface area contributed by atoms with Gasteiger partial charge in [0.15, 0.2) is 5.78 Å². The number of amides is 1. The van der Waals surface area contributed by atoms with Gasteiger partial charge in [0.2, 0.25) is 5.91 Å². The number of rotatable bonds is 14. The summed E-state index contributed by atoms with van der Waals surface area (Å²) >= 11 is 0. The van der Waals surface area contributed by atoms with Crippen LogP contribution in [-0.4, -0.2) is 45.5 Å². The zero-order valence-corrected chi connectivity index (χ0v) is 21.2. The smallest absolute Gasteiger partial charge is 0.322 e. The Balaban J connectivity index is 1.69. The topological polar surface area (TPSA) is 134 Å². The van der Waals surface area contributed by atoms with Crippen molar-refractivity contribution in [1.82, 2.24) is 14.9 Å². The standard InChI is InChI=1S/C28H32N4O5/c1-19(13-25(34)30-17-26(35)36)12-24(33)27-22-14-21(15-29)16-31-28(22)32(2)23(27)10-6-7-11-37-18-20-8-4-3-5-9-20/h3-5,8-9,14,16,19H,6-7,10-13,17-18H2,1-2H3,(H,30,34)(H,35,36)/t19-/m0/s1. The van der Waals surface area contributed by atoms with E-state index in [1.807, 2.05) is 41.9 Å². The van der Waals surface area contributed by atoms with E-state index in [2.05, 4.69) is 16.4 Å². The van der Waals surface area contributed by atoms with Gasteiger partial charge in [0, 0.05) is 49.3 Å². The summed E-state index contributed by atoms with van der Waals surface area (Å²) in [7, 11) is 1.86. The number of nitrogens with one attached hydrogen (secondary N) is 1. The number of aryl methyl sites for hydroxylation is 1. The third-order valence-electron chi connectivity index (χ3n) is 6.12. The van der Waals surface area contributed by atoms with Crippen molar-refractivity contribution in [1.29, 1.82) is 5.26 Å². The summed E-state index contributed by atoms with van der Waals surface area (Å²) in [5.41, 5.74) is 3.49. The van der Waals surface area contributed by atoms with E-state index in [-0.39, 0.29) is 24.5 Å². The van der Waals surface area contributed by atoms with Gasteiger partial charge in [-0.3, -0.25) is 14.4 Å². The summed E-state index contributed by atoms with van der Waals surface area (Å²) in [6.07, 6.45) is 3.91. The molecular weight excluding hydrogens is 472 g/mol. The van der Waals surface area contributed by atoms with Gasteiger partial charge >= 0.3 is 5.97 Å². The summed E-state index contributed by atoms with van der Waals surface area (Å²) in [5.74, 6) is -1.95. The van der Waals surface area contributed by atoms with Crippen molar-refractivity contribution < 1.29 is 24.2 Å². The second-order valence-electron chi connectivity index (χ2n) is 9.19. The number of fused-ring (bicyclic) bond motifs is 1. The molecule has 0 aliphatic rings. The number of carboxylic acid groups (broad SMARTS) is 1. The molecule has 1 aromatic carbocycles. The average molecular weight is 505 g/mol. The van der Waals surface area contributed by atoms with Crippen LogP contribution in [0.4, 0.5) is 0 Å². The molecule has 3 aromatic rings. The van der Waals surface area contributed by atoms with Gasteiger partial charge < -0.3 is 19.7 Å². The van der Waals surface area contributed by atoms with Crippen molar-refractivity contribution in [2.75, 3.05) is 13.2 Å². The van der Waals surface area contributed by atoms with E-state index in [0.29, 0.717) is 41.8 Å². The predicted molar refractivity (Wildman–Crippen MR) is 138 cm³/mol. The molecule has 3 rings (SSSR count). The van der Waals surface area contributed by atoms with E-state index in [4.69, 9.17) is 9.84 Å². The molecule has 0 bridgehead atoms. The Hall–Kier alpha value is -4.03. The van der Waals surface area contributed by atoms with E-state index < -0.39 is 18.4 Å². The first kappa shape index (κ1) is 27.6. The van der Waals surface area contributed by atoms with Crippen LogP contribution in [0.2, 0.25) is 0 Å².